The summed E-state index contributed by atoms with van der Waals surface area (Å²) in [6.45, 7) is 6.78. The largest absolute Gasteiger partial charge is 0.361 e. The van der Waals surface area contributed by atoms with E-state index in [1.807, 2.05) is 32.9 Å². The summed E-state index contributed by atoms with van der Waals surface area (Å²) in [7, 11) is -1.13. The standard InChI is InChI=1S/C22H25FN2O2S/c1-21(2,3)28(26)25-12-4-11-22(18-6-8-19(23)9-7-18)20-10-5-16(14-24)13-17(20)15-27-22/h5-10,13,25H,4,11-12,15H2,1-3H3. The highest BCUT2D eigenvalue weighted by molar-refractivity contribution is 7.84. The minimum Gasteiger partial charge on any atom is -0.361 e. The molecule has 0 bridgehead atoms. The molecule has 2 aromatic rings. The third kappa shape index (κ3) is 4.17. The molecule has 0 saturated heterocycles. The quantitative estimate of drug-likeness (QED) is 0.735. The molecule has 4 nitrogen and oxygen atoms in total. The van der Waals surface area contributed by atoms with Crippen LogP contribution >= 0.6 is 0 Å². The van der Waals surface area contributed by atoms with Gasteiger partial charge in [-0.2, -0.15) is 5.26 Å². The normalized spacial score (nSPS) is 19.8. The molecule has 1 aliphatic heterocycles. The summed E-state index contributed by atoms with van der Waals surface area (Å²) >= 11 is 0. The summed E-state index contributed by atoms with van der Waals surface area (Å²) < 4.78 is 34.7. The number of hydrogen-bond donors (Lipinski definition) is 1. The van der Waals surface area contributed by atoms with Crippen LogP contribution in [0.1, 0.15) is 55.9 Å². The fraction of sp³-hybridized carbons (Fsp3) is 0.409. The Hall–Kier alpha value is -2.07. The van der Waals surface area contributed by atoms with Crippen molar-refractivity contribution in [2.75, 3.05) is 6.54 Å². The monoisotopic (exact) mass is 400 g/mol. The fourth-order valence-corrected chi connectivity index (χ4v) is 4.25. The van der Waals surface area contributed by atoms with Gasteiger partial charge in [0.1, 0.15) is 11.4 Å². The number of hydrogen-bond acceptors (Lipinski definition) is 3. The number of ether oxygens (including phenoxy) is 1. The summed E-state index contributed by atoms with van der Waals surface area (Å²) in [6.07, 6.45) is 1.39. The lowest BCUT2D eigenvalue weighted by Crippen LogP contribution is -2.35. The van der Waals surface area contributed by atoms with Crippen molar-refractivity contribution >= 4 is 11.0 Å². The molecule has 28 heavy (non-hydrogen) atoms. The molecule has 0 saturated carbocycles. The molecule has 0 fully saturated rings. The summed E-state index contributed by atoms with van der Waals surface area (Å²) in [4.78, 5) is 0. The van der Waals surface area contributed by atoms with Crippen molar-refractivity contribution in [2.45, 2.75) is 50.6 Å². The minimum absolute atomic E-state index is 0.292. The van der Waals surface area contributed by atoms with Crippen LogP contribution in [0.4, 0.5) is 4.39 Å². The predicted octanol–water partition coefficient (Wildman–Crippen LogP) is 4.30. The lowest BCUT2D eigenvalue weighted by atomic mass is 9.81. The molecular weight excluding hydrogens is 375 g/mol. The maximum atomic E-state index is 13.5. The summed E-state index contributed by atoms with van der Waals surface area (Å²) in [5.74, 6) is -0.292. The number of halogens is 1. The smallest absolute Gasteiger partial charge is 0.123 e. The van der Waals surface area contributed by atoms with Gasteiger partial charge in [-0.1, -0.05) is 18.2 Å². The van der Waals surface area contributed by atoms with Gasteiger partial charge in [-0.15, -0.1) is 0 Å². The van der Waals surface area contributed by atoms with E-state index in [0.717, 1.165) is 23.1 Å². The van der Waals surface area contributed by atoms with Crippen molar-refractivity contribution in [1.82, 2.24) is 4.72 Å². The average molecular weight is 401 g/mol. The Morgan fingerprint density at radius 1 is 1.25 bits per heavy atom. The molecule has 3 rings (SSSR count). The molecule has 2 atom stereocenters. The molecular formula is C22H25FN2O2S. The Labute approximate surface area is 168 Å². The van der Waals surface area contributed by atoms with Gasteiger partial charge in [0.05, 0.1) is 34.0 Å². The molecule has 2 aromatic carbocycles. The molecule has 0 aromatic heterocycles. The Morgan fingerprint density at radius 3 is 2.61 bits per heavy atom. The molecule has 0 radical (unpaired) electrons. The van der Waals surface area contributed by atoms with Crippen LogP contribution in [0.15, 0.2) is 42.5 Å². The first-order chi connectivity index (χ1) is 13.3. The van der Waals surface area contributed by atoms with Crippen molar-refractivity contribution in [1.29, 1.82) is 5.26 Å². The van der Waals surface area contributed by atoms with Gasteiger partial charge in [0.25, 0.3) is 0 Å². The van der Waals surface area contributed by atoms with Crippen LogP contribution in [0.5, 0.6) is 0 Å². The van der Waals surface area contributed by atoms with Gasteiger partial charge in [-0.3, -0.25) is 0 Å². The number of fused-ring (bicyclic) bond motifs is 1. The van der Waals surface area contributed by atoms with E-state index in [0.29, 0.717) is 25.1 Å². The highest BCUT2D eigenvalue weighted by Crippen LogP contribution is 2.45. The first-order valence-corrected chi connectivity index (χ1v) is 10.5. The van der Waals surface area contributed by atoms with Crippen molar-refractivity contribution in [3.8, 4) is 6.07 Å². The van der Waals surface area contributed by atoms with Crippen molar-refractivity contribution < 1.29 is 13.3 Å². The second-order valence-electron chi connectivity index (χ2n) is 7.99. The molecule has 0 aliphatic carbocycles. The van der Waals surface area contributed by atoms with Gasteiger partial charge in [0.2, 0.25) is 0 Å². The maximum absolute atomic E-state index is 13.5. The molecule has 2 unspecified atom stereocenters. The lowest BCUT2D eigenvalue weighted by molar-refractivity contribution is -0.0127. The second kappa shape index (κ2) is 8.12. The van der Waals surface area contributed by atoms with Crippen LogP contribution in [0.25, 0.3) is 0 Å². The predicted molar refractivity (Wildman–Crippen MR) is 108 cm³/mol. The summed E-state index contributed by atoms with van der Waals surface area (Å²) in [5, 5.41) is 9.17. The van der Waals surface area contributed by atoms with Crippen molar-refractivity contribution in [3.05, 3.63) is 70.5 Å². The fourth-order valence-electron chi connectivity index (χ4n) is 3.48. The summed E-state index contributed by atoms with van der Waals surface area (Å²) in [5.41, 5.74) is 2.78. The van der Waals surface area contributed by atoms with E-state index in [-0.39, 0.29) is 10.6 Å². The zero-order valence-corrected chi connectivity index (χ0v) is 17.2. The third-order valence-corrected chi connectivity index (χ3v) is 6.53. The van der Waals surface area contributed by atoms with Gasteiger partial charge >= 0.3 is 0 Å². The number of rotatable bonds is 6. The van der Waals surface area contributed by atoms with E-state index in [1.165, 1.54) is 12.1 Å². The Morgan fingerprint density at radius 2 is 1.96 bits per heavy atom. The molecule has 1 heterocycles. The average Bonchev–Trinajstić information content (AvgIpc) is 3.03. The van der Waals surface area contributed by atoms with E-state index in [9.17, 15) is 8.60 Å². The van der Waals surface area contributed by atoms with E-state index >= 15 is 0 Å². The van der Waals surface area contributed by atoms with E-state index < -0.39 is 16.6 Å². The highest BCUT2D eigenvalue weighted by Gasteiger charge is 2.41. The van der Waals surface area contributed by atoms with Gasteiger partial charge in [0.15, 0.2) is 0 Å². The Balaban J connectivity index is 1.85. The van der Waals surface area contributed by atoms with Crippen LogP contribution < -0.4 is 4.72 Å². The molecule has 0 spiro atoms. The highest BCUT2D eigenvalue weighted by atomic mass is 32.2. The molecule has 148 valence electrons. The van der Waals surface area contributed by atoms with Gasteiger partial charge < -0.3 is 4.74 Å². The zero-order chi connectivity index (χ0) is 20.4. The van der Waals surface area contributed by atoms with E-state index in [1.54, 1.807) is 18.2 Å². The topological polar surface area (TPSA) is 62.1 Å². The molecule has 1 aliphatic rings. The maximum Gasteiger partial charge on any atom is 0.123 e. The second-order valence-corrected chi connectivity index (χ2v) is 10.0. The van der Waals surface area contributed by atoms with E-state index in [2.05, 4.69) is 10.8 Å². The van der Waals surface area contributed by atoms with Gasteiger partial charge in [0, 0.05) is 6.54 Å². The number of nitrogens with zero attached hydrogens (tertiary/aromatic N) is 1. The van der Waals surface area contributed by atoms with Gasteiger partial charge in [-0.25, -0.2) is 13.3 Å². The van der Waals surface area contributed by atoms with Crippen LogP contribution in [0.2, 0.25) is 0 Å². The first-order valence-electron chi connectivity index (χ1n) is 9.35. The van der Waals surface area contributed by atoms with Crippen molar-refractivity contribution in [3.63, 3.8) is 0 Å². The lowest BCUT2D eigenvalue weighted by Gasteiger charge is -2.31. The Bertz CT molecular complexity index is 916. The first kappa shape index (κ1) is 20.7. The van der Waals surface area contributed by atoms with Crippen LogP contribution in [0, 0.1) is 17.1 Å². The SMILES string of the molecule is CC(C)(C)S(=O)NCCCC1(c2ccc(F)cc2)OCc2cc(C#N)ccc21. The molecule has 6 heteroatoms. The number of nitriles is 1. The zero-order valence-electron chi connectivity index (χ0n) is 16.4. The molecule has 0 amide bonds. The number of nitrogens with one attached hydrogen (secondary N) is 1. The van der Waals surface area contributed by atoms with Crippen LogP contribution in [0.3, 0.4) is 0 Å². The van der Waals surface area contributed by atoms with Crippen LogP contribution in [-0.4, -0.2) is 15.5 Å². The Kier molecular flexibility index (Phi) is 5.99. The summed E-state index contributed by atoms with van der Waals surface area (Å²) in [6, 6.07) is 14.1. The minimum atomic E-state index is -1.13. The van der Waals surface area contributed by atoms with Crippen LogP contribution in [-0.2, 0) is 27.9 Å². The third-order valence-electron chi connectivity index (χ3n) is 4.95. The van der Waals surface area contributed by atoms with Gasteiger partial charge in [-0.05, 0) is 74.6 Å². The molecule has 1 N–H and O–H groups in total. The number of benzene rings is 2. The van der Waals surface area contributed by atoms with E-state index in [4.69, 9.17) is 10.00 Å². The van der Waals surface area contributed by atoms with Crippen molar-refractivity contribution in [2.24, 2.45) is 0 Å².